The van der Waals surface area contributed by atoms with Crippen molar-refractivity contribution in [3.63, 3.8) is 0 Å². The maximum atomic E-state index is 14.1. The fourth-order valence-electron chi connectivity index (χ4n) is 3.30. The largest absolute Gasteiger partial charge is 0.378 e. The van der Waals surface area contributed by atoms with Crippen molar-refractivity contribution in [2.45, 2.75) is 13.0 Å². The zero-order valence-corrected chi connectivity index (χ0v) is 17.9. The van der Waals surface area contributed by atoms with Crippen LogP contribution in [-0.4, -0.2) is 43.8 Å². The standard InChI is InChI=1S/C23H24FN3O3S/c24-19-12-18(13-21(14-19)27-7-10-29-11-8-27)22(28)26-23-25-20(16-31-23)6-9-30-15-17-4-2-1-3-5-17/h1-5,12-14,16H,6-11,15H2,(H,25,26,28). The quantitative estimate of drug-likeness (QED) is 0.533. The molecule has 1 saturated heterocycles. The summed E-state index contributed by atoms with van der Waals surface area (Å²) in [6, 6.07) is 14.4. The predicted octanol–water partition coefficient (Wildman–Crippen LogP) is 4.13. The van der Waals surface area contributed by atoms with E-state index in [1.165, 1.54) is 23.5 Å². The Balaban J connectivity index is 1.31. The lowest BCUT2D eigenvalue weighted by Crippen LogP contribution is -2.36. The number of aromatic nitrogens is 1. The number of nitrogens with one attached hydrogen (secondary N) is 1. The molecule has 1 aliphatic rings. The first-order valence-corrected chi connectivity index (χ1v) is 11.1. The summed E-state index contributed by atoms with van der Waals surface area (Å²) in [6.45, 7) is 3.63. The summed E-state index contributed by atoms with van der Waals surface area (Å²) in [5, 5.41) is 5.15. The molecule has 4 rings (SSSR count). The van der Waals surface area contributed by atoms with Gasteiger partial charge in [-0.2, -0.15) is 0 Å². The van der Waals surface area contributed by atoms with E-state index in [0.717, 1.165) is 11.3 Å². The average Bonchev–Trinajstić information content (AvgIpc) is 3.25. The summed E-state index contributed by atoms with van der Waals surface area (Å²) in [5.74, 6) is -0.820. The lowest BCUT2D eigenvalue weighted by atomic mass is 10.1. The Bertz CT molecular complexity index is 1010. The molecule has 1 N–H and O–H groups in total. The Morgan fingerprint density at radius 3 is 2.81 bits per heavy atom. The highest BCUT2D eigenvalue weighted by molar-refractivity contribution is 7.14. The fraction of sp³-hybridized carbons (Fsp3) is 0.304. The third kappa shape index (κ3) is 6.10. The Labute approximate surface area is 184 Å². The number of hydrogen-bond donors (Lipinski definition) is 1. The second-order valence-corrected chi connectivity index (χ2v) is 8.04. The minimum Gasteiger partial charge on any atom is -0.378 e. The number of morpholine rings is 1. The average molecular weight is 442 g/mol. The van der Waals surface area contributed by atoms with Crippen molar-refractivity contribution >= 4 is 28.1 Å². The molecule has 3 aromatic rings. The Hall–Kier alpha value is -2.81. The molecule has 0 atom stereocenters. The van der Waals surface area contributed by atoms with E-state index in [-0.39, 0.29) is 11.5 Å². The van der Waals surface area contributed by atoms with E-state index in [2.05, 4.69) is 10.3 Å². The lowest BCUT2D eigenvalue weighted by molar-refractivity contribution is 0.102. The van der Waals surface area contributed by atoms with Gasteiger partial charge in [-0.25, -0.2) is 9.37 Å². The number of amides is 1. The van der Waals surface area contributed by atoms with Crippen LogP contribution in [-0.2, 0) is 22.5 Å². The monoisotopic (exact) mass is 441 g/mol. The second kappa shape index (κ2) is 10.5. The van der Waals surface area contributed by atoms with E-state index >= 15 is 0 Å². The molecule has 6 nitrogen and oxygen atoms in total. The fourth-order valence-corrected chi connectivity index (χ4v) is 4.04. The highest BCUT2D eigenvalue weighted by Crippen LogP contribution is 2.22. The van der Waals surface area contributed by atoms with Gasteiger partial charge in [0.05, 0.1) is 32.1 Å². The summed E-state index contributed by atoms with van der Waals surface area (Å²) < 4.78 is 25.1. The topological polar surface area (TPSA) is 63.7 Å². The molecule has 0 unspecified atom stereocenters. The molecule has 0 saturated carbocycles. The number of anilines is 2. The van der Waals surface area contributed by atoms with E-state index < -0.39 is 5.82 Å². The Morgan fingerprint density at radius 2 is 2.00 bits per heavy atom. The van der Waals surface area contributed by atoms with Crippen LogP contribution < -0.4 is 10.2 Å². The molecule has 2 heterocycles. The molecular formula is C23H24FN3O3S. The van der Waals surface area contributed by atoms with E-state index in [1.807, 2.05) is 40.6 Å². The number of halogens is 1. The van der Waals surface area contributed by atoms with E-state index in [4.69, 9.17) is 9.47 Å². The summed E-state index contributed by atoms with van der Waals surface area (Å²) in [6.07, 6.45) is 0.653. The van der Waals surface area contributed by atoms with Gasteiger partial charge in [-0.05, 0) is 23.8 Å². The number of carbonyl (C=O) groups excluding carboxylic acids is 1. The van der Waals surface area contributed by atoms with E-state index in [1.54, 1.807) is 6.07 Å². The zero-order valence-electron chi connectivity index (χ0n) is 17.1. The number of ether oxygens (including phenoxy) is 2. The molecule has 31 heavy (non-hydrogen) atoms. The second-order valence-electron chi connectivity index (χ2n) is 7.18. The SMILES string of the molecule is O=C(Nc1nc(CCOCc2ccccc2)cs1)c1cc(F)cc(N2CCOCC2)c1. The molecular weight excluding hydrogens is 417 g/mol. The summed E-state index contributed by atoms with van der Waals surface area (Å²) in [5.41, 5.74) is 2.93. The van der Waals surface area contributed by atoms with Crippen LogP contribution in [0.2, 0.25) is 0 Å². The van der Waals surface area contributed by atoms with Crippen LogP contribution in [0.5, 0.6) is 0 Å². The maximum Gasteiger partial charge on any atom is 0.257 e. The van der Waals surface area contributed by atoms with Gasteiger partial charge in [-0.15, -0.1) is 11.3 Å². The molecule has 2 aromatic carbocycles. The minimum atomic E-state index is -0.440. The van der Waals surface area contributed by atoms with Crippen LogP contribution in [0.15, 0.2) is 53.9 Å². The van der Waals surface area contributed by atoms with E-state index in [0.29, 0.717) is 56.8 Å². The van der Waals surface area contributed by atoms with Crippen molar-refractivity contribution in [2.75, 3.05) is 43.1 Å². The first-order valence-electron chi connectivity index (χ1n) is 10.2. The normalized spacial score (nSPS) is 13.9. The van der Waals surface area contributed by atoms with Crippen LogP contribution in [0.1, 0.15) is 21.6 Å². The smallest absolute Gasteiger partial charge is 0.257 e. The zero-order chi connectivity index (χ0) is 21.5. The molecule has 1 amide bonds. The van der Waals surface area contributed by atoms with Gasteiger partial charge in [0, 0.05) is 36.1 Å². The molecule has 0 radical (unpaired) electrons. The third-order valence-corrected chi connectivity index (χ3v) is 5.71. The third-order valence-electron chi connectivity index (χ3n) is 4.91. The maximum absolute atomic E-state index is 14.1. The number of thiazole rings is 1. The molecule has 162 valence electrons. The van der Waals surface area contributed by atoms with E-state index in [9.17, 15) is 9.18 Å². The van der Waals surface area contributed by atoms with Crippen LogP contribution in [0.25, 0.3) is 0 Å². The first-order chi connectivity index (χ1) is 15.2. The van der Waals surface area contributed by atoms with Gasteiger partial charge in [0.15, 0.2) is 5.13 Å². The van der Waals surface area contributed by atoms with Gasteiger partial charge in [0.25, 0.3) is 5.91 Å². The minimum absolute atomic E-state index is 0.268. The highest BCUT2D eigenvalue weighted by atomic mass is 32.1. The van der Waals surface area contributed by atoms with Crippen LogP contribution in [0.4, 0.5) is 15.2 Å². The summed E-state index contributed by atoms with van der Waals surface area (Å²) in [4.78, 5) is 19.1. The van der Waals surface area contributed by atoms with Crippen molar-refractivity contribution in [1.82, 2.24) is 4.98 Å². The number of benzene rings is 2. The van der Waals surface area contributed by atoms with Crippen molar-refractivity contribution in [3.05, 3.63) is 76.5 Å². The van der Waals surface area contributed by atoms with Crippen molar-refractivity contribution in [3.8, 4) is 0 Å². The first kappa shape index (κ1) is 21.4. The number of nitrogens with zero attached hydrogens (tertiary/aromatic N) is 2. The summed E-state index contributed by atoms with van der Waals surface area (Å²) in [7, 11) is 0. The number of carbonyl (C=O) groups is 1. The van der Waals surface area contributed by atoms with Gasteiger partial charge in [0.2, 0.25) is 0 Å². The molecule has 1 aromatic heterocycles. The predicted molar refractivity (Wildman–Crippen MR) is 119 cm³/mol. The Morgan fingerprint density at radius 1 is 1.19 bits per heavy atom. The van der Waals surface area contributed by atoms with Crippen LogP contribution in [0.3, 0.4) is 0 Å². The molecule has 0 bridgehead atoms. The molecule has 1 fully saturated rings. The molecule has 0 aliphatic carbocycles. The van der Waals surface area contributed by atoms with Gasteiger partial charge >= 0.3 is 0 Å². The van der Waals surface area contributed by atoms with Gasteiger partial charge in [-0.1, -0.05) is 30.3 Å². The van der Waals surface area contributed by atoms with Gasteiger partial charge in [0.1, 0.15) is 5.82 Å². The van der Waals surface area contributed by atoms with Gasteiger partial charge in [-0.3, -0.25) is 10.1 Å². The van der Waals surface area contributed by atoms with Crippen molar-refractivity contribution < 1.29 is 18.7 Å². The molecule has 1 aliphatic heterocycles. The number of hydrogen-bond acceptors (Lipinski definition) is 6. The summed E-state index contributed by atoms with van der Waals surface area (Å²) >= 11 is 1.34. The molecule has 8 heteroatoms. The molecule has 0 spiro atoms. The van der Waals surface area contributed by atoms with Gasteiger partial charge < -0.3 is 14.4 Å². The highest BCUT2D eigenvalue weighted by Gasteiger charge is 2.16. The lowest BCUT2D eigenvalue weighted by Gasteiger charge is -2.29. The van der Waals surface area contributed by atoms with Crippen molar-refractivity contribution in [2.24, 2.45) is 0 Å². The Kier molecular flexibility index (Phi) is 7.24. The van der Waals surface area contributed by atoms with Crippen LogP contribution in [0, 0.1) is 5.82 Å². The van der Waals surface area contributed by atoms with Crippen molar-refractivity contribution in [1.29, 1.82) is 0 Å². The van der Waals surface area contributed by atoms with Crippen LogP contribution >= 0.6 is 11.3 Å². The number of rotatable bonds is 8.